The van der Waals surface area contributed by atoms with Crippen molar-refractivity contribution in [3.8, 4) is 5.75 Å². The first kappa shape index (κ1) is 22.3. The van der Waals surface area contributed by atoms with Crippen LogP contribution in [-0.4, -0.2) is 74.1 Å². The molecule has 4 heterocycles. The fourth-order valence-corrected chi connectivity index (χ4v) is 4.11. The molecule has 0 saturated carbocycles. The Hall–Kier alpha value is -4.45. The minimum atomic E-state index is -1.28. The fourth-order valence-electron chi connectivity index (χ4n) is 4.11. The van der Waals surface area contributed by atoms with Crippen molar-refractivity contribution < 1.29 is 24.5 Å². The Morgan fingerprint density at radius 1 is 1.06 bits per heavy atom. The summed E-state index contributed by atoms with van der Waals surface area (Å²) in [5, 5.41) is 21.9. The highest BCUT2D eigenvalue weighted by Crippen LogP contribution is 2.25. The zero-order valence-electron chi connectivity index (χ0n) is 18.5. The molecule has 3 aromatic heterocycles. The van der Waals surface area contributed by atoms with Gasteiger partial charge in [0.15, 0.2) is 17.0 Å². The third-order valence-corrected chi connectivity index (χ3v) is 5.74. The number of carbonyl (C=O) groups excluding carboxylic acids is 1. The van der Waals surface area contributed by atoms with Gasteiger partial charge >= 0.3 is 5.97 Å². The van der Waals surface area contributed by atoms with E-state index in [4.69, 9.17) is 14.8 Å². The van der Waals surface area contributed by atoms with Crippen LogP contribution >= 0.6 is 0 Å². The van der Waals surface area contributed by atoms with E-state index in [2.05, 4.69) is 15.2 Å². The lowest BCUT2D eigenvalue weighted by atomic mass is 10.2. The van der Waals surface area contributed by atoms with Crippen LogP contribution in [0.15, 0.2) is 47.3 Å². The molecule has 0 radical (unpaired) electrons. The summed E-state index contributed by atoms with van der Waals surface area (Å²) in [6.45, 7) is 1.86. The predicted molar refractivity (Wildman–Crippen MR) is 125 cm³/mol. The summed E-state index contributed by atoms with van der Waals surface area (Å²) in [5.74, 6) is -2.17. The largest absolute Gasteiger partial charge is 0.504 e. The molecule has 4 aromatic rings. The van der Waals surface area contributed by atoms with E-state index >= 15 is 0 Å². The molecule has 1 fully saturated rings. The van der Waals surface area contributed by atoms with Crippen LogP contribution in [-0.2, 0) is 16.1 Å². The maximum atomic E-state index is 13.5. The molecule has 0 spiro atoms. The van der Waals surface area contributed by atoms with Crippen LogP contribution in [0.3, 0.4) is 0 Å². The Morgan fingerprint density at radius 2 is 1.83 bits per heavy atom. The number of carboxylic acids is 1. The third-order valence-electron chi connectivity index (χ3n) is 5.74. The van der Waals surface area contributed by atoms with Crippen molar-refractivity contribution in [3.63, 3.8) is 0 Å². The summed E-state index contributed by atoms with van der Waals surface area (Å²) >= 11 is 0. The fraction of sp³-hybridized carbons (Fsp3) is 0.261. The van der Waals surface area contributed by atoms with Crippen LogP contribution < -0.4 is 15.8 Å². The number of nitrogens with zero attached hydrogens (tertiary/aromatic N) is 5. The summed E-state index contributed by atoms with van der Waals surface area (Å²) in [5.41, 5.74) is 0.220. The molecule has 1 aliphatic heterocycles. The number of imidazole rings is 1. The molecule has 0 bridgehead atoms. The Balaban J connectivity index is 1.66. The second kappa shape index (κ2) is 9.06. The van der Waals surface area contributed by atoms with Crippen LogP contribution in [0.4, 0.5) is 5.82 Å². The molecular weight excluding hydrogens is 456 g/mol. The van der Waals surface area contributed by atoms with Crippen molar-refractivity contribution in [2.45, 2.75) is 6.54 Å². The third kappa shape index (κ3) is 4.15. The van der Waals surface area contributed by atoms with E-state index in [0.29, 0.717) is 43.0 Å². The maximum Gasteiger partial charge on any atom is 0.322 e. The van der Waals surface area contributed by atoms with Crippen LogP contribution in [0.25, 0.3) is 16.7 Å². The molecular formula is C23H22N6O6. The minimum absolute atomic E-state index is 0.00407. The zero-order chi connectivity index (χ0) is 24.5. The van der Waals surface area contributed by atoms with Crippen LogP contribution in [0.5, 0.6) is 5.75 Å². The first-order valence-electron chi connectivity index (χ1n) is 11.0. The molecule has 3 N–H and O–H groups in total. The number of hydrogen-bond acceptors (Lipinski definition) is 8. The van der Waals surface area contributed by atoms with Gasteiger partial charge in [0.25, 0.3) is 11.5 Å². The van der Waals surface area contributed by atoms with E-state index in [9.17, 15) is 19.5 Å². The number of amides is 1. The Labute approximate surface area is 198 Å². The molecule has 1 aromatic carbocycles. The van der Waals surface area contributed by atoms with Gasteiger partial charge < -0.3 is 25.2 Å². The number of aromatic nitrogens is 4. The topological polar surface area (TPSA) is 151 Å². The number of pyridine rings is 1. The van der Waals surface area contributed by atoms with Gasteiger partial charge in [-0.2, -0.15) is 0 Å². The Bertz CT molecular complexity index is 1500. The number of ether oxygens (including phenoxy) is 1. The van der Waals surface area contributed by atoms with Gasteiger partial charge in [-0.15, -0.1) is 0 Å². The number of para-hydroxylation sites is 2. The van der Waals surface area contributed by atoms with Gasteiger partial charge in [-0.05, 0) is 24.3 Å². The molecule has 12 nitrogen and oxygen atoms in total. The number of carboxylic acid groups (broad SMARTS) is 1. The van der Waals surface area contributed by atoms with Gasteiger partial charge in [0, 0.05) is 13.1 Å². The number of rotatable bonds is 6. The number of fused-ring (bicyclic) bond motifs is 3. The number of morpholine rings is 1. The van der Waals surface area contributed by atoms with E-state index in [1.807, 2.05) is 12.1 Å². The van der Waals surface area contributed by atoms with Crippen LogP contribution in [0.2, 0.25) is 0 Å². The summed E-state index contributed by atoms with van der Waals surface area (Å²) in [7, 11) is 0. The molecule has 0 aliphatic carbocycles. The van der Waals surface area contributed by atoms with Crippen molar-refractivity contribution in [1.29, 1.82) is 0 Å². The molecule has 0 unspecified atom stereocenters. The van der Waals surface area contributed by atoms with E-state index in [0.717, 1.165) is 5.82 Å². The highest BCUT2D eigenvalue weighted by Gasteiger charge is 2.25. The van der Waals surface area contributed by atoms with Crippen LogP contribution in [0.1, 0.15) is 16.1 Å². The van der Waals surface area contributed by atoms with Gasteiger partial charge in [0.2, 0.25) is 0 Å². The van der Waals surface area contributed by atoms with Gasteiger partial charge in [-0.3, -0.25) is 14.4 Å². The van der Waals surface area contributed by atoms with Crippen molar-refractivity contribution >= 4 is 34.4 Å². The van der Waals surface area contributed by atoms with Crippen molar-refractivity contribution in [2.24, 2.45) is 0 Å². The average Bonchev–Trinajstić information content (AvgIpc) is 3.26. The number of anilines is 1. The molecule has 1 aliphatic rings. The SMILES string of the molecule is O=C(O)CNC(=O)c1c(O)c2nc3ccccc3n2n(Cc2cccc(N3CCOCC3)n2)c1=O. The summed E-state index contributed by atoms with van der Waals surface area (Å²) < 4.78 is 8.12. The van der Waals surface area contributed by atoms with E-state index in [-0.39, 0.29) is 12.2 Å². The molecule has 180 valence electrons. The van der Waals surface area contributed by atoms with Gasteiger partial charge in [0.1, 0.15) is 12.4 Å². The van der Waals surface area contributed by atoms with E-state index in [1.54, 1.807) is 30.3 Å². The highest BCUT2D eigenvalue weighted by molar-refractivity contribution is 6.00. The van der Waals surface area contributed by atoms with Crippen molar-refractivity contribution in [1.82, 2.24) is 24.5 Å². The number of nitrogens with one attached hydrogen (secondary N) is 1. The summed E-state index contributed by atoms with van der Waals surface area (Å²) in [6.07, 6.45) is 0. The number of aromatic hydroxyl groups is 1. The number of benzene rings is 1. The summed E-state index contributed by atoms with van der Waals surface area (Å²) in [4.78, 5) is 48.3. The van der Waals surface area contributed by atoms with E-state index in [1.165, 1.54) is 9.20 Å². The first-order chi connectivity index (χ1) is 16.9. The molecule has 5 rings (SSSR count). The quantitative estimate of drug-likeness (QED) is 0.359. The van der Waals surface area contributed by atoms with E-state index < -0.39 is 35.3 Å². The van der Waals surface area contributed by atoms with Gasteiger partial charge in [0.05, 0.1) is 36.5 Å². The number of hydrogen-bond donors (Lipinski definition) is 3. The first-order valence-corrected chi connectivity index (χ1v) is 11.0. The second-order valence-electron chi connectivity index (χ2n) is 7.99. The highest BCUT2D eigenvalue weighted by atomic mass is 16.5. The Morgan fingerprint density at radius 3 is 2.60 bits per heavy atom. The maximum absolute atomic E-state index is 13.5. The van der Waals surface area contributed by atoms with Gasteiger partial charge in [-0.25, -0.2) is 19.2 Å². The predicted octanol–water partition coefficient (Wildman–Crippen LogP) is 0.449. The smallest absolute Gasteiger partial charge is 0.322 e. The van der Waals surface area contributed by atoms with Crippen molar-refractivity contribution in [3.05, 3.63) is 64.1 Å². The van der Waals surface area contributed by atoms with Gasteiger partial charge in [-0.1, -0.05) is 18.2 Å². The zero-order valence-corrected chi connectivity index (χ0v) is 18.5. The lowest BCUT2D eigenvalue weighted by Crippen LogP contribution is -2.38. The molecule has 12 heteroatoms. The lowest BCUT2D eigenvalue weighted by Gasteiger charge is -2.28. The van der Waals surface area contributed by atoms with Crippen LogP contribution in [0, 0.1) is 0 Å². The number of aliphatic carboxylic acids is 1. The normalized spacial score (nSPS) is 13.9. The molecule has 0 atom stereocenters. The minimum Gasteiger partial charge on any atom is -0.504 e. The standard InChI is InChI=1S/C23H22N6O6/c30-18(31)12-24-22(33)19-20(32)21-26-15-5-1-2-6-16(15)29(21)28(23(19)34)13-14-4-3-7-17(25-14)27-8-10-35-11-9-27/h1-7,32H,8-13H2,(H,24,33)(H,30,31). The molecule has 35 heavy (non-hydrogen) atoms. The summed E-state index contributed by atoms with van der Waals surface area (Å²) in [6, 6.07) is 12.5. The number of carbonyl (C=O) groups is 2. The lowest BCUT2D eigenvalue weighted by molar-refractivity contribution is -0.135. The molecule has 1 amide bonds. The Kier molecular flexibility index (Phi) is 5.79. The average molecular weight is 478 g/mol. The monoisotopic (exact) mass is 478 g/mol. The second-order valence-corrected chi connectivity index (χ2v) is 7.99. The van der Waals surface area contributed by atoms with Crippen molar-refractivity contribution in [2.75, 3.05) is 37.7 Å². The molecule has 1 saturated heterocycles.